The molecule has 1 N–H and O–H groups in total. The molecule has 130 valence electrons. The first-order valence-corrected chi connectivity index (χ1v) is 8.58. The molecule has 2 atom stereocenters. The first kappa shape index (κ1) is 18.3. The highest BCUT2D eigenvalue weighted by atomic mass is 16.5. The highest BCUT2D eigenvalue weighted by molar-refractivity contribution is 5.98. The molecule has 0 aromatic heterocycles. The Bertz CT molecular complexity index is 624. The van der Waals surface area contributed by atoms with Crippen LogP contribution in [0, 0.1) is 17.2 Å². The molecule has 1 aromatic rings. The number of amides is 1. The van der Waals surface area contributed by atoms with Gasteiger partial charge in [-0.3, -0.25) is 4.79 Å². The van der Waals surface area contributed by atoms with Gasteiger partial charge >= 0.3 is 0 Å². The van der Waals surface area contributed by atoms with Gasteiger partial charge in [-0.2, -0.15) is 5.26 Å². The maximum Gasteiger partial charge on any atom is 0.256 e. The van der Waals surface area contributed by atoms with Gasteiger partial charge in [0.05, 0.1) is 17.9 Å². The topological polar surface area (TPSA) is 71.3 Å². The molecule has 1 aromatic carbocycles. The van der Waals surface area contributed by atoms with E-state index in [9.17, 15) is 10.1 Å². The number of hydrogen-bond acceptors (Lipinski definition) is 4. The fourth-order valence-corrected chi connectivity index (χ4v) is 3.26. The van der Waals surface area contributed by atoms with Crippen molar-refractivity contribution < 1.29 is 14.3 Å². The minimum absolute atomic E-state index is 0.171. The molecule has 1 saturated carbocycles. The zero-order valence-electron chi connectivity index (χ0n) is 14.7. The smallest absolute Gasteiger partial charge is 0.256 e. The van der Waals surface area contributed by atoms with Crippen molar-refractivity contribution in [1.82, 2.24) is 0 Å². The zero-order valence-corrected chi connectivity index (χ0v) is 14.7. The lowest BCUT2D eigenvalue weighted by molar-refractivity contribution is -0.143. The average Bonchev–Trinajstić information content (AvgIpc) is 2.60. The first-order valence-electron chi connectivity index (χ1n) is 8.58. The van der Waals surface area contributed by atoms with Crippen LogP contribution >= 0.6 is 0 Å². The second-order valence-electron chi connectivity index (χ2n) is 6.52. The molecular formula is C19H26N2O3. The Kier molecular flexibility index (Phi) is 6.22. The van der Waals surface area contributed by atoms with Crippen molar-refractivity contribution in [3.8, 4) is 11.8 Å². The predicted octanol–water partition coefficient (Wildman–Crippen LogP) is 3.88. The molecule has 2 rings (SSSR count). The van der Waals surface area contributed by atoms with Crippen molar-refractivity contribution in [3.05, 3.63) is 23.8 Å². The lowest BCUT2D eigenvalue weighted by Gasteiger charge is -2.37. The summed E-state index contributed by atoms with van der Waals surface area (Å²) in [5, 5.41) is 12.3. The quantitative estimate of drug-likeness (QED) is 0.859. The van der Waals surface area contributed by atoms with Gasteiger partial charge in [-0.15, -0.1) is 0 Å². The van der Waals surface area contributed by atoms with Crippen LogP contribution in [0.5, 0.6) is 5.75 Å². The van der Waals surface area contributed by atoms with E-state index in [4.69, 9.17) is 9.47 Å². The van der Waals surface area contributed by atoms with Crippen LogP contribution in [0.2, 0.25) is 0 Å². The Morgan fingerprint density at radius 1 is 1.50 bits per heavy atom. The van der Waals surface area contributed by atoms with Gasteiger partial charge in [0.2, 0.25) is 0 Å². The minimum atomic E-state index is -0.804. The Balaban J connectivity index is 2.17. The molecular weight excluding hydrogens is 304 g/mol. The summed E-state index contributed by atoms with van der Waals surface area (Å²) in [7, 11) is 1.59. The number of nitrogens with one attached hydrogen (secondary N) is 1. The monoisotopic (exact) mass is 330 g/mol. The third-order valence-electron chi connectivity index (χ3n) is 4.59. The van der Waals surface area contributed by atoms with E-state index in [2.05, 4.69) is 18.3 Å². The largest absolute Gasteiger partial charge is 0.494 e. The zero-order chi connectivity index (χ0) is 17.6. The summed E-state index contributed by atoms with van der Waals surface area (Å²) < 4.78 is 11.2. The van der Waals surface area contributed by atoms with Gasteiger partial charge in [0.15, 0.2) is 0 Å². The van der Waals surface area contributed by atoms with E-state index < -0.39 is 5.60 Å². The molecule has 1 fully saturated rings. The number of methoxy groups -OCH3 is 1. The Morgan fingerprint density at radius 2 is 2.29 bits per heavy atom. The third-order valence-corrected chi connectivity index (χ3v) is 4.59. The maximum atomic E-state index is 12.8. The molecule has 0 heterocycles. The van der Waals surface area contributed by atoms with Crippen LogP contribution in [0.25, 0.3) is 0 Å². The van der Waals surface area contributed by atoms with Gasteiger partial charge in [0.25, 0.3) is 5.91 Å². The van der Waals surface area contributed by atoms with E-state index in [-0.39, 0.29) is 5.91 Å². The number of hydrogen-bond donors (Lipinski definition) is 1. The molecule has 1 aliphatic rings. The molecule has 2 unspecified atom stereocenters. The van der Waals surface area contributed by atoms with Crippen molar-refractivity contribution in [2.45, 2.75) is 51.6 Å². The SMILES string of the molecule is CCCOc1ccc(NC(=O)C2(OC)CCCC(C)C2)c(C#N)c1. The Labute approximate surface area is 144 Å². The van der Waals surface area contributed by atoms with E-state index in [0.29, 0.717) is 42.4 Å². The lowest BCUT2D eigenvalue weighted by Crippen LogP contribution is -2.48. The van der Waals surface area contributed by atoms with Crippen molar-refractivity contribution in [1.29, 1.82) is 5.26 Å². The minimum Gasteiger partial charge on any atom is -0.494 e. The molecule has 0 spiro atoms. The van der Waals surface area contributed by atoms with Crippen molar-refractivity contribution in [2.75, 3.05) is 19.0 Å². The normalized spacial score (nSPS) is 23.3. The summed E-state index contributed by atoms with van der Waals surface area (Å²) in [6.07, 6.45) is 4.39. The molecule has 0 bridgehead atoms. The number of anilines is 1. The number of ether oxygens (including phenoxy) is 2. The van der Waals surface area contributed by atoms with Gasteiger partial charge in [-0.05, 0) is 49.8 Å². The van der Waals surface area contributed by atoms with Gasteiger partial charge in [-0.25, -0.2) is 0 Å². The summed E-state index contributed by atoms with van der Waals surface area (Å²) >= 11 is 0. The molecule has 24 heavy (non-hydrogen) atoms. The average molecular weight is 330 g/mol. The van der Waals surface area contributed by atoms with Crippen LogP contribution < -0.4 is 10.1 Å². The second kappa shape index (κ2) is 8.16. The van der Waals surface area contributed by atoms with Crippen LogP contribution in [0.15, 0.2) is 18.2 Å². The number of carbonyl (C=O) groups excluding carboxylic acids is 1. The lowest BCUT2D eigenvalue weighted by atomic mass is 9.78. The van der Waals surface area contributed by atoms with E-state index >= 15 is 0 Å². The standard InChI is InChI=1S/C19H26N2O3/c1-4-10-24-16-7-8-17(15(11-16)13-20)21-18(22)19(23-3)9-5-6-14(2)12-19/h7-8,11,14H,4-6,9-10,12H2,1-3H3,(H,21,22). The third kappa shape index (κ3) is 4.07. The molecule has 0 radical (unpaired) electrons. The van der Waals surface area contributed by atoms with Crippen LogP contribution in [-0.4, -0.2) is 25.2 Å². The molecule has 1 amide bonds. The molecule has 0 saturated heterocycles. The molecule has 1 aliphatic carbocycles. The Morgan fingerprint density at radius 3 is 2.92 bits per heavy atom. The van der Waals surface area contributed by atoms with Crippen LogP contribution in [-0.2, 0) is 9.53 Å². The van der Waals surface area contributed by atoms with E-state index in [1.54, 1.807) is 25.3 Å². The van der Waals surface area contributed by atoms with E-state index in [1.165, 1.54) is 0 Å². The number of nitriles is 1. The van der Waals surface area contributed by atoms with Crippen molar-refractivity contribution >= 4 is 11.6 Å². The highest BCUT2D eigenvalue weighted by Crippen LogP contribution is 2.36. The van der Waals surface area contributed by atoms with Gasteiger partial charge in [0, 0.05) is 7.11 Å². The maximum absolute atomic E-state index is 12.8. The van der Waals surface area contributed by atoms with Gasteiger partial charge in [0.1, 0.15) is 17.4 Å². The van der Waals surface area contributed by atoms with E-state index in [1.807, 2.05) is 6.92 Å². The van der Waals surface area contributed by atoms with Gasteiger partial charge < -0.3 is 14.8 Å². The molecule has 5 nitrogen and oxygen atoms in total. The highest BCUT2D eigenvalue weighted by Gasteiger charge is 2.42. The van der Waals surface area contributed by atoms with Crippen LogP contribution in [0.4, 0.5) is 5.69 Å². The first-order chi connectivity index (χ1) is 11.5. The number of benzene rings is 1. The fourth-order valence-electron chi connectivity index (χ4n) is 3.26. The number of rotatable bonds is 6. The molecule has 5 heteroatoms. The predicted molar refractivity (Wildman–Crippen MR) is 92.9 cm³/mol. The summed E-state index contributed by atoms with van der Waals surface area (Å²) in [5.74, 6) is 0.916. The van der Waals surface area contributed by atoms with Crippen molar-refractivity contribution in [2.24, 2.45) is 5.92 Å². The van der Waals surface area contributed by atoms with Crippen LogP contribution in [0.3, 0.4) is 0 Å². The van der Waals surface area contributed by atoms with Crippen LogP contribution in [0.1, 0.15) is 51.5 Å². The van der Waals surface area contributed by atoms with Crippen molar-refractivity contribution in [3.63, 3.8) is 0 Å². The van der Waals surface area contributed by atoms with Gasteiger partial charge in [-0.1, -0.05) is 20.3 Å². The summed E-state index contributed by atoms with van der Waals surface area (Å²) in [6.45, 7) is 4.76. The summed E-state index contributed by atoms with van der Waals surface area (Å²) in [6, 6.07) is 7.28. The van der Waals surface area contributed by atoms with E-state index in [0.717, 1.165) is 19.3 Å². The second-order valence-corrected chi connectivity index (χ2v) is 6.52. The Hall–Kier alpha value is -2.06. The molecule has 0 aliphatic heterocycles. The summed E-state index contributed by atoms with van der Waals surface area (Å²) in [4.78, 5) is 12.8. The number of nitrogens with zero attached hydrogens (tertiary/aromatic N) is 1. The fraction of sp³-hybridized carbons (Fsp3) is 0.579. The summed E-state index contributed by atoms with van der Waals surface area (Å²) in [5.41, 5.74) is 0.0926. The number of carbonyl (C=O) groups is 1.